The Morgan fingerprint density at radius 2 is 2.12 bits per heavy atom. The first-order valence-corrected chi connectivity index (χ1v) is 6.15. The molecule has 0 saturated carbocycles. The molecule has 0 aliphatic heterocycles. The van der Waals surface area contributed by atoms with Crippen molar-refractivity contribution in [2.75, 3.05) is 18.4 Å². The van der Waals surface area contributed by atoms with Crippen LogP contribution < -0.4 is 11.1 Å². The third kappa shape index (κ3) is 2.80. The standard InChI is InChI=1S/C12H13Cl2N3/c13-8-6-9(14)12-10(16-4-1-3-15)2-5-17-11(12)7-8/h2,5-7H,1,3-4,15H2,(H,16,17). The summed E-state index contributed by atoms with van der Waals surface area (Å²) in [4.78, 5) is 4.26. The maximum absolute atomic E-state index is 6.19. The van der Waals surface area contributed by atoms with Crippen LogP contribution in [0.3, 0.4) is 0 Å². The number of aromatic nitrogens is 1. The Kier molecular flexibility index (Phi) is 4.05. The van der Waals surface area contributed by atoms with Crippen molar-refractivity contribution < 1.29 is 0 Å². The number of halogens is 2. The topological polar surface area (TPSA) is 50.9 Å². The third-order valence-corrected chi connectivity index (χ3v) is 2.97. The molecule has 0 amide bonds. The molecule has 90 valence electrons. The first-order valence-electron chi connectivity index (χ1n) is 5.40. The van der Waals surface area contributed by atoms with E-state index in [0.29, 0.717) is 16.6 Å². The Labute approximate surface area is 110 Å². The highest BCUT2D eigenvalue weighted by Crippen LogP contribution is 2.31. The molecule has 0 bridgehead atoms. The van der Waals surface area contributed by atoms with Gasteiger partial charge in [0, 0.05) is 28.8 Å². The molecular weight excluding hydrogens is 257 g/mol. The number of rotatable bonds is 4. The second-order valence-corrected chi connectivity index (χ2v) is 4.55. The molecular formula is C12H13Cl2N3. The minimum atomic E-state index is 0.592. The van der Waals surface area contributed by atoms with Gasteiger partial charge in [-0.2, -0.15) is 0 Å². The van der Waals surface area contributed by atoms with Crippen LogP contribution in [0, 0.1) is 0 Å². The number of hydrogen-bond acceptors (Lipinski definition) is 3. The van der Waals surface area contributed by atoms with E-state index in [1.807, 2.05) is 6.07 Å². The minimum Gasteiger partial charge on any atom is -0.384 e. The average molecular weight is 270 g/mol. The predicted octanol–water partition coefficient (Wildman–Crippen LogP) is 3.30. The van der Waals surface area contributed by atoms with Gasteiger partial charge in [0.2, 0.25) is 0 Å². The Hall–Kier alpha value is -1.03. The molecule has 0 aliphatic carbocycles. The lowest BCUT2D eigenvalue weighted by molar-refractivity contribution is 0.875. The second kappa shape index (κ2) is 5.54. The average Bonchev–Trinajstić information content (AvgIpc) is 2.28. The Morgan fingerprint density at radius 1 is 1.29 bits per heavy atom. The van der Waals surface area contributed by atoms with Gasteiger partial charge in [-0.3, -0.25) is 4.98 Å². The lowest BCUT2D eigenvalue weighted by Crippen LogP contribution is -2.08. The van der Waals surface area contributed by atoms with Crippen LogP contribution in [0.2, 0.25) is 10.0 Å². The number of pyridine rings is 1. The maximum Gasteiger partial charge on any atom is 0.0752 e. The molecule has 17 heavy (non-hydrogen) atoms. The first-order chi connectivity index (χ1) is 8.22. The van der Waals surface area contributed by atoms with E-state index in [2.05, 4.69) is 10.3 Å². The third-order valence-electron chi connectivity index (χ3n) is 2.45. The van der Waals surface area contributed by atoms with Crippen molar-refractivity contribution in [2.45, 2.75) is 6.42 Å². The molecule has 3 N–H and O–H groups in total. The monoisotopic (exact) mass is 269 g/mol. The lowest BCUT2D eigenvalue weighted by Gasteiger charge is -2.10. The van der Waals surface area contributed by atoms with Gasteiger partial charge in [-0.05, 0) is 31.2 Å². The molecule has 3 nitrogen and oxygen atoms in total. The molecule has 2 rings (SSSR count). The van der Waals surface area contributed by atoms with Gasteiger partial charge < -0.3 is 11.1 Å². The number of nitrogens with two attached hydrogens (primary N) is 1. The fraction of sp³-hybridized carbons (Fsp3) is 0.250. The van der Waals surface area contributed by atoms with Gasteiger partial charge in [-0.1, -0.05) is 23.2 Å². The Morgan fingerprint density at radius 3 is 2.88 bits per heavy atom. The highest BCUT2D eigenvalue weighted by molar-refractivity contribution is 6.39. The number of fused-ring (bicyclic) bond motifs is 1. The quantitative estimate of drug-likeness (QED) is 0.838. The van der Waals surface area contributed by atoms with Gasteiger partial charge in [-0.15, -0.1) is 0 Å². The van der Waals surface area contributed by atoms with Gasteiger partial charge in [0.25, 0.3) is 0 Å². The zero-order valence-electron chi connectivity index (χ0n) is 9.21. The molecule has 1 heterocycles. The molecule has 0 saturated heterocycles. The minimum absolute atomic E-state index is 0.592. The van der Waals surface area contributed by atoms with Crippen LogP contribution in [0.1, 0.15) is 6.42 Å². The summed E-state index contributed by atoms with van der Waals surface area (Å²) in [5.74, 6) is 0. The van der Waals surface area contributed by atoms with Crippen LogP contribution in [-0.2, 0) is 0 Å². The smallest absolute Gasteiger partial charge is 0.0752 e. The molecule has 0 unspecified atom stereocenters. The maximum atomic E-state index is 6.19. The summed E-state index contributed by atoms with van der Waals surface area (Å²) in [6.45, 7) is 1.48. The van der Waals surface area contributed by atoms with Crippen molar-refractivity contribution in [1.29, 1.82) is 0 Å². The summed E-state index contributed by atoms with van der Waals surface area (Å²) in [6.07, 6.45) is 2.65. The van der Waals surface area contributed by atoms with Crippen LogP contribution in [0.5, 0.6) is 0 Å². The number of anilines is 1. The van der Waals surface area contributed by atoms with E-state index in [0.717, 1.165) is 29.6 Å². The molecule has 1 aromatic heterocycles. The van der Waals surface area contributed by atoms with Crippen molar-refractivity contribution in [2.24, 2.45) is 5.73 Å². The Bertz CT molecular complexity index is 528. The molecule has 0 atom stereocenters. The molecule has 0 aliphatic rings. The van der Waals surface area contributed by atoms with Crippen LogP contribution in [0.25, 0.3) is 10.9 Å². The zero-order chi connectivity index (χ0) is 12.3. The van der Waals surface area contributed by atoms with E-state index >= 15 is 0 Å². The van der Waals surface area contributed by atoms with E-state index < -0.39 is 0 Å². The van der Waals surface area contributed by atoms with E-state index in [4.69, 9.17) is 28.9 Å². The SMILES string of the molecule is NCCCNc1ccnc2cc(Cl)cc(Cl)c12. The van der Waals surface area contributed by atoms with Crippen LogP contribution in [-0.4, -0.2) is 18.1 Å². The fourth-order valence-electron chi connectivity index (χ4n) is 1.68. The Balaban J connectivity index is 2.42. The van der Waals surface area contributed by atoms with Gasteiger partial charge in [0.1, 0.15) is 0 Å². The summed E-state index contributed by atoms with van der Waals surface area (Å²) >= 11 is 12.1. The predicted molar refractivity (Wildman–Crippen MR) is 73.9 cm³/mol. The molecule has 2 aromatic rings. The van der Waals surface area contributed by atoms with Gasteiger partial charge in [0.05, 0.1) is 10.5 Å². The van der Waals surface area contributed by atoms with E-state index in [9.17, 15) is 0 Å². The highest BCUT2D eigenvalue weighted by atomic mass is 35.5. The zero-order valence-corrected chi connectivity index (χ0v) is 10.7. The largest absolute Gasteiger partial charge is 0.384 e. The van der Waals surface area contributed by atoms with Gasteiger partial charge >= 0.3 is 0 Å². The van der Waals surface area contributed by atoms with Gasteiger partial charge in [0.15, 0.2) is 0 Å². The highest BCUT2D eigenvalue weighted by Gasteiger charge is 2.07. The van der Waals surface area contributed by atoms with Crippen molar-refractivity contribution in [3.63, 3.8) is 0 Å². The molecule has 5 heteroatoms. The first kappa shape index (κ1) is 12.4. The fourth-order valence-corrected chi connectivity index (χ4v) is 2.26. The number of hydrogen-bond donors (Lipinski definition) is 2. The summed E-state index contributed by atoms with van der Waals surface area (Å²) in [7, 11) is 0. The van der Waals surface area contributed by atoms with Crippen molar-refractivity contribution in [3.8, 4) is 0 Å². The van der Waals surface area contributed by atoms with E-state index in [1.165, 1.54) is 0 Å². The molecule has 0 radical (unpaired) electrons. The summed E-state index contributed by atoms with van der Waals surface area (Å²) in [5.41, 5.74) is 7.21. The van der Waals surface area contributed by atoms with Crippen molar-refractivity contribution in [3.05, 3.63) is 34.4 Å². The van der Waals surface area contributed by atoms with E-state index in [-0.39, 0.29) is 0 Å². The van der Waals surface area contributed by atoms with Crippen LogP contribution in [0.4, 0.5) is 5.69 Å². The van der Waals surface area contributed by atoms with E-state index in [1.54, 1.807) is 18.3 Å². The second-order valence-electron chi connectivity index (χ2n) is 3.71. The summed E-state index contributed by atoms with van der Waals surface area (Å²) in [5, 5.41) is 5.40. The molecule has 0 fully saturated rings. The number of benzene rings is 1. The number of nitrogens with one attached hydrogen (secondary N) is 1. The normalized spacial score (nSPS) is 10.8. The summed E-state index contributed by atoms with van der Waals surface area (Å²) in [6, 6.07) is 5.43. The van der Waals surface area contributed by atoms with Crippen molar-refractivity contribution in [1.82, 2.24) is 4.98 Å². The molecule has 0 spiro atoms. The number of nitrogens with zero attached hydrogens (tertiary/aromatic N) is 1. The van der Waals surface area contributed by atoms with Crippen LogP contribution in [0.15, 0.2) is 24.4 Å². The van der Waals surface area contributed by atoms with Gasteiger partial charge in [-0.25, -0.2) is 0 Å². The van der Waals surface area contributed by atoms with Crippen molar-refractivity contribution >= 4 is 39.8 Å². The summed E-state index contributed by atoms with van der Waals surface area (Å²) < 4.78 is 0. The lowest BCUT2D eigenvalue weighted by atomic mass is 10.2. The van der Waals surface area contributed by atoms with Crippen LogP contribution >= 0.6 is 23.2 Å². The molecule has 1 aromatic carbocycles.